The smallest absolute Gasteiger partial charge is 0.326 e. The number of thiol groups is 1. The Labute approximate surface area is 169 Å². The van der Waals surface area contributed by atoms with Crippen LogP contribution in [0.4, 0.5) is 5.69 Å². The van der Waals surface area contributed by atoms with E-state index in [2.05, 4.69) is 44.5 Å². The molecule has 2 amide bonds. The van der Waals surface area contributed by atoms with Crippen LogP contribution in [0.1, 0.15) is 12.8 Å². The molecule has 148 valence electrons. The largest absolute Gasteiger partial charge is 0.480 e. The Morgan fingerprint density at radius 1 is 1.11 bits per heavy atom. The number of carbonyl (C=O) groups excluding carboxylic acids is 2. The van der Waals surface area contributed by atoms with E-state index in [1.807, 2.05) is 0 Å². The van der Waals surface area contributed by atoms with E-state index in [1.165, 1.54) is 0 Å². The van der Waals surface area contributed by atoms with Crippen LogP contribution in [0.5, 0.6) is 0 Å². The predicted octanol–water partition coefficient (Wildman–Crippen LogP) is 0.710. The van der Waals surface area contributed by atoms with Gasteiger partial charge in [-0.2, -0.15) is 12.6 Å². The summed E-state index contributed by atoms with van der Waals surface area (Å²) in [5.41, 5.74) is 0.576. The van der Waals surface area contributed by atoms with Crippen LogP contribution >= 0.6 is 28.6 Å². The summed E-state index contributed by atoms with van der Waals surface area (Å²) in [6.07, 6.45) is -0.163. The monoisotopic (exact) mass is 461 g/mol. The molecule has 0 fully saturated rings. The molecule has 0 radical (unpaired) electrons. The van der Waals surface area contributed by atoms with Crippen LogP contribution in [0, 0.1) is 0 Å². The number of carboxylic acid groups (broad SMARTS) is 2. The van der Waals surface area contributed by atoms with Gasteiger partial charge in [0.15, 0.2) is 0 Å². The molecule has 0 aliphatic carbocycles. The topological polar surface area (TPSA) is 145 Å². The standard InChI is InChI=1S/C16H20BrN3O6S/c17-9-3-1-2-4-10(9)19-11(16(25)26)5-6-13(21)20-12(8-27)15(24)18-7-14(22)23/h1-4,11-12,19,27H,5-8H2,(H,18,24)(H,20,21)(H,22,23)(H,25,26)/t11-,12-/m0/s1. The Morgan fingerprint density at radius 3 is 2.33 bits per heavy atom. The average molecular weight is 462 g/mol. The lowest BCUT2D eigenvalue weighted by Gasteiger charge is -2.18. The van der Waals surface area contributed by atoms with Crippen molar-refractivity contribution in [1.29, 1.82) is 0 Å². The lowest BCUT2D eigenvalue weighted by Crippen LogP contribution is -2.49. The van der Waals surface area contributed by atoms with Crippen LogP contribution in [-0.4, -0.2) is 58.3 Å². The first-order valence-corrected chi connectivity index (χ1v) is 9.30. The maximum atomic E-state index is 12.0. The third-order valence-electron chi connectivity index (χ3n) is 3.41. The van der Waals surface area contributed by atoms with Gasteiger partial charge in [-0.05, 0) is 34.5 Å². The maximum absolute atomic E-state index is 12.0. The van der Waals surface area contributed by atoms with Gasteiger partial charge in [0.05, 0.1) is 0 Å². The fraction of sp³-hybridized carbons (Fsp3) is 0.375. The number of amides is 2. The van der Waals surface area contributed by atoms with E-state index >= 15 is 0 Å². The fourth-order valence-corrected chi connectivity index (χ4v) is 2.70. The molecule has 0 aliphatic rings. The molecule has 0 heterocycles. The normalized spacial score (nSPS) is 12.5. The third kappa shape index (κ3) is 8.31. The molecule has 1 rings (SSSR count). The molecule has 2 atom stereocenters. The first-order valence-electron chi connectivity index (χ1n) is 7.88. The van der Waals surface area contributed by atoms with Crippen molar-refractivity contribution in [1.82, 2.24) is 10.6 Å². The number of hydrogen-bond donors (Lipinski definition) is 6. The number of rotatable bonds is 11. The maximum Gasteiger partial charge on any atom is 0.326 e. The van der Waals surface area contributed by atoms with Crippen LogP contribution in [-0.2, 0) is 19.2 Å². The molecule has 27 heavy (non-hydrogen) atoms. The van der Waals surface area contributed by atoms with Gasteiger partial charge in [-0.15, -0.1) is 0 Å². The van der Waals surface area contributed by atoms with Crippen molar-refractivity contribution >= 4 is 58.0 Å². The zero-order chi connectivity index (χ0) is 20.4. The number of benzene rings is 1. The third-order valence-corrected chi connectivity index (χ3v) is 4.47. The van der Waals surface area contributed by atoms with Crippen LogP contribution < -0.4 is 16.0 Å². The minimum absolute atomic E-state index is 0.0153. The molecule has 0 saturated carbocycles. The summed E-state index contributed by atoms with van der Waals surface area (Å²) < 4.78 is 0.686. The van der Waals surface area contributed by atoms with Crippen LogP contribution in [0.15, 0.2) is 28.7 Å². The molecule has 0 aliphatic heterocycles. The minimum Gasteiger partial charge on any atom is -0.480 e. The summed E-state index contributed by atoms with van der Waals surface area (Å²) in [4.78, 5) is 45.7. The molecule has 1 aromatic rings. The van der Waals surface area contributed by atoms with Crippen molar-refractivity contribution in [3.8, 4) is 0 Å². The van der Waals surface area contributed by atoms with Gasteiger partial charge in [-0.1, -0.05) is 12.1 Å². The molecule has 9 nitrogen and oxygen atoms in total. The lowest BCUT2D eigenvalue weighted by molar-refractivity contribution is -0.138. The number of nitrogens with one attached hydrogen (secondary N) is 3. The first-order chi connectivity index (χ1) is 12.7. The minimum atomic E-state index is -1.21. The van der Waals surface area contributed by atoms with Gasteiger partial charge < -0.3 is 26.2 Å². The van der Waals surface area contributed by atoms with Crippen molar-refractivity contribution < 1.29 is 29.4 Å². The highest BCUT2D eigenvalue weighted by Gasteiger charge is 2.23. The van der Waals surface area contributed by atoms with Crippen molar-refractivity contribution in [2.45, 2.75) is 24.9 Å². The number of carbonyl (C=O) groups is 4. The summed E-state index contributed by atoms with van der Waals surface area (Å²) in [5.74, 6) is -3.59. The highest BCUT2D eigenvalue weighted by Crippen LogP contribution is 2.22. The Bertz CT molecular complexity index is 702. The highest BCUT2D eigenvalue weighted by atomic mass is 79.9. The van der Waals surface area contributed by atoms with E-state index in [9.17, 15) is 24.3 Å². The van der Waals surface area contributed by atoms with E-state index in [0.29, 0.717) is 10.2 Å². The number of aliphatic carboxylic acids is 2. The summed E-state index contributed by atoms with van der Waals surface area (Å²) in [5, 5.41) is 25.3. The molecule has 0 bridgehead atoms. The van der Waals surface area contributed by atoms with Crippen LogP contribution in [0.3, 0.4) is 0 Å². The van der Waals surface area contributed by atoms with Crippen LogP contribution in [0.25, 0.3) is 0 Å². The van der Waals surface area contributed by atoms with Crippen molar-refractivity contribution in [3.05, 3.63) is 28.7 Å². The predicted molar refractivity (Wildman–Crippen MR) is 105 cm³/mol. The van der Waals surface area contributed by atoms with E-state index in [1.54, 1.807) is 24.3 Å². The highest BCUT2D eigenvalue weighted by molar-refractivity contribution is 9.10. The Morgan fingerprint density at radius 2 is 1.78 bits per heavy atom. The number of hydrogen-bond acceptors (Lipinski definition) is 6. The van der Waals surface area contributed by atoms with Gasteiger partial charge in [-0.3, -0.25) is 14.4 Å². The van der Waals surface area contributed by atoms with E-state index in [0.717, 1.165) is 0 Å². The number of halogens is 1. The summed E-state index contributed by atoms with van der Waals surface area (Å²) in [6, 6.07) is 4.95. The van der Waals surface area contributed by atoms with Crippen molar-refractivity contribution in [3.63, 3.8) is 0 Å². The average Bonchev–Trinajstić information content (AvgIpc) is 2.62. The summed E-state index contributed by atoms with van der Waals surface area (Å²) >= 11 is 7.27. The SMILES string of the molecule is O=C(O)CNC(=O)[C@H](CS)NC(=O)CC[C@H](Nc1ccccc1Br)C(=O)O. The second-order valence-corrected chi connectivity index (χ2v) is 6.69. The molecule has 1 aromatic carbocycles. The number of para-hydroxylation sites is 1. The molecule has 11 heteroatoms. The zero-order valence-corrected chi connectivity index (χ0v) is 16.6. The fourth-order valence-electron chi connectivity index (χ4n) is 2.05. The molecule has 0 spiro atoms. The summed E-state index contributed by atoms with van der Waals surface area (Å²) in [7, 11) is 0. The Kier molecular flexibility index (Phi) is 9.65. The van der Waals surface area contributed by atoms with Gasteiger partial charge in [0, 0.05) is 22.3 Å². The molecular weight excluding hydrogens is 442 g/mol. The number of anilines is 1. The van der Waals surface area contributed by atoms with Gasteiger partial charge in [0.1, 0.15) is 18.6 Å². The van der Waals surface area contributed by atoms with E-state index in [4.69, 9.17) is 5.11 Å². The van der Waals surface area contributed by atoms with E-state index in [-0.39, 0.29) is 18.6 Å². The van der Waals surface area contributed by atoms with Gasteiger partial charge in [0.2, 0.25) is 11.8 Å². The Balaban J connectivity index is 2.58. The molecule has 5 N–H and O–H groups in total. The molecule has 0 unspecified atom stereocenters. The molecular formula is C16H20BrN3O6S. The van der Waals surface area contributed by atoms with Crippen LogP contribution in [0.2, 0.25) is 0 Å². The van der Waals surface area contributed by atoms with Gasteiger partial charge >= 0.3 is 11.9 Å². The Hall–Kier alpha value is -2.27. The second kappa shape index (κ2) is 11.4. The lowest BCUT2D eigenvalue weighted by atomic mass is 10.1. The number of carboxylic acids is 2. The van der Waals surface area contributed by atoms with Crippen molar-refractivity contribution in [2.24, 2.45) is 0 Å². The molecule has 0 aromatic heterocycles. The van der Waals surface area contributed by atoms with E-state index < -0.39 is 42.4 Å². The first kappa shape index (κ1) is 22.8. The molecule has 0 saturated heterocycles. The van der Waals surface area contributed by atoms with Crippen molar-refractivity contribution in [2.75, 3.05) is 17.6 Å². The zero-order valence-electron chi connectivity index (χ0n) is 14.1. The van der Waals surface area contributed by atoms with Gasteiger partial charge in [-0.25, -0.2) is 4.79 Å². The quantitative estimate of drug-likeness (QED) is 0.266. The second-order valence-electron chi connectivity index (χ2n) is 5.47. The summed E-state index contributed by atoms with van der Waals surface area (Å²) in [6.45, 7) is -0.573. The van der Waals surface area contributed by atoms with Gasteiger partial charge in [0.25, 0.3) is 0 Å².